The molecule has 4 rings (SSSR count). The van der Waals surface area contributed by atoms with Crippen LogP contribution in [0.1, 0.15) is 22.3 Å². The molecule has 2 heterocycles. The first-order valence-electron chi connectivity index (χ1n) is 9.22. The Balaban J connectivity index is 1.44. The second-order valence-corrected chi connectivity index (χ2v) is 6.89. The Hall–Kier alpha value is -3.75. The number of ether oxygens (including phenoxy) is 2. The fraction of sp³-hybridized carbons (Fsp3) is 0.238. The van der Waals surface area contributed by atoms with Crippen molar-refractivity contribution in [2.24, 2.45) is 0 Å². The highest BCUT2D eigenvalue weighted by Gasteiger charge is 2.55. The van der Waals surface area contributed by atoms with E-state index in [1.807, 2.05) is 0 Å². The first-order chi connectivity index (χ1) is 14.4. The number of nitrogens with zero attached hydrogens (tertiary/aromatic N) is 1. The van der Waals surface area contributed by atoms with Crippen molar-refractivity contribution in [3.05, 3.63) is 65.5 Å². The molecule has 154 valence electrons. The molecule has 2 aromatic carbocycles. The summed E-state index contributed by atoms with van der Waals surface area (Å²) in [7, 11) is 0. The Morgan fingerprint density at radius 3 is 2.67 bits per heavy atom. The Morgan fingerprint density at radius 1 is 1.13 bits per heavy atom. The summed E-state index contributed by atoms with van der Waals surface area (Å²) in [6.07, 6.45) is 0.214. The normalized spacial score (nSPS) is 19.8. The highest BCUT2D eigenvalue weighted by atomic mass is 19.1. The van der Waals surface area contributed by atoms with Crippen LogP contribution in [0.2, 0.25) is 0 Å². The van der Waals surface area contributed by atoms with E-state index in [0.717, 1.165) is 11.0 Å². The molecule has 2 aliphatic heterocycles. The molecule has 0 aromatic heterocycles. The molecule has 1 spiro atoms. The predicted octanol–water partition coefficient (Wildman–Crippen LogP) is 1.78. The standard InChI is InChI=1S/C21H17FN2O6/c22-15-7-3-1-5-13(15)16(25)12-30-18(26)11-24-19(27)21(23-20(24)28)9-10-29-17-8-4-2-6-14(17)21/h1-8H,9-12H2,(H,23,28)/t21-/m1/s1. The smallest absolute Gasteiger partial charge is 0.326 e. The van der Waals surface area contributed by atoms with Gasteiger partial charge in [0, 0.05) is 12.0 Å². The number of imide groups is 1. The van der Waals surface area contributed by atoms with Crippen molar-refractivity contribution in [2.75, 3.05) is 19.8 Å². The number of nitrogens with one attached hydrogen (secondary N) is 1. The molecular formula is C21H17FN2O6. The molecule has 8 nitrogen and oxygen atoms in total. The summed E-state index contributed by atoms with van der Waals surface area (Å²) in [4.78, 5) is 50.4. The van der Waals surface area contributed by atoms with Crippen LogP contribution in [0.5, 0.6) is 5.75 Å². The van der Waals surface area contributed by atoms with Gasteiger partial charge in [-0.25, -0.2) is 9.18 Å². The van der Waals surface area contributed by atoms with Crippen LogP contribution in [-0.2, 0) is 19.9 Å². The molecule has 0 bridgehead atoms. The molecule has 1 fully saturated rings. The minimum Gasteiger partial charge on any atom is -0.493 e. The van der Waals surface area contributed by atoms with E-state index in [0.29, 0.717) is 11.3 Å². The molecule has 0 unspecified atom stereocenters. The molecule has 2 aromatic rings. The largest absolute Gasteiger partial charge is 0.493 e. The molecule has 30 heavy (non-hydrogen) atoms. The summed E-state index contributed by atoms with van der Waals surface area (Å²) in [6, 6.07) is 11.4. The van der Waals surface area contributed by atoms with Gasteiger partial charge in [0.1, 0.15) is 18.1 Å². The van der Waals surface area contributed by atoms with E-state index < -0.39 is 48.2 Å². The molecular weight excluding hydrogens is 395 g/mol. The van der Waals surface area contributed by atoms with Crippen LogP contribution in [0.3, 0.4) is 0 Å². The number of esters is 1. The van der Waals surface area contributed by atoms with Crippen LogP contribution in [0.15, 0.2) is 48.5 Å². The van der Waals surface area contributed by atoms with Crippen molar-refractivity contribution in [2.45, 2.75) is 12.0 Å². The van der Waals surface area contributed by atoms with E-state index in [1.165, 1.54) is 18.2 Å². The average molecular weight is 412 g/mol. The van der Waals surface area contributed by atoms with Gasteiger partial charge >= 0.3 is 12.0 Å². The maximum absolute atomic E-state index is 13.6. The average Bonchev–Trinajstić information content (AvgIpc) is 2.97. The summed E-state index contributed by atoms with van der Waals surface area (Å²) in [5.41, 5.74) is -1.01. The number of urea groups is 1. The quantitative estimate of drug-likeness (QED) is 0.456. The number of ketones is 1. The zero-order valence-corrected chi connectivity index (χ0v) is 15.7. The van der Waals surface area contributed by atoms with E-state index in [2.05, 4.69) is 5.32 Å². The van der Waals surface area contributed by atoms with Crippen molar-refractivity contribution in [3.8, 4) is 5.75 Å². The molecule has 0 radical (unpaired) electrons. The molecule has 1 saturated heterocycles. The fourth-order valence-corrected chi connectivity index (χ4v) is 3.60. The van der Waals surface area contributed by atoms with Crippen LogP contribution in [0.25, 0.3) is 0 Å². The summed E-state index contributed by atoms with van der Waals surface area (Å²) in [6.45, 7) is -1.15. The zero-order chi connectivity index (χ0) is 21.3. The van der Waals surface area contributed by atoms with Crippen LogP contribution in [0, 0.1) is 5.82 Å². The molecule has 0 aliphatic carbocycles. The van der Waals surface area contributed by atoms with Gasteiger partial charge in [-0.2, -0.15) is 0 Å². The van der Waals surface area contributed by atoms with Crippen molar-refractivity contribution in [3.63, 3.8) is 0 Å². The number of para-hydroxylation sites is 1. The first-order valence-corrected chi connectivity index (χ1v) is 9.22. The monoisotopic (exact) mass is 412 g/mol. The SMILES string of the molecule is O=C(CN1C(=O)N[C@@]2(CCOc3ccccc32)C1=O)OCC(=O)c1ccccc1F. The minimum absolute atomic E-state index is 0.210. The van der Waals surface area contributed by atoms with E-state index in [-0.39, 0.29) is 18.6 Å². The third-order valence-electron chi connectivity index (χ3n) is 5.08. The number of carbonyl (C=O) groups is 4. The summed E-state index contributed by atoms with van der Waals surface area (Å²) >= 11 is 0. The highest BCUT2D eigenvalue weighted by molar-refractivity contribution is 6.09. The van der Waals surface area contributed by atoms with E-state index in [9.17, 15) is 23.6 Å². The van der Waals surface area contributed by atoms with Gasteiger partial charge in [-0.1, -0.05) is 30.3 Å². The molecule has 2 aliphatic rings. The van der Waals surface area contributed by atoms with Gasteiger partial charge in [-0.3, -0.25) is 19.3 Å². The van der Waals surface area contributed by atoms with Crippen LogP contribution < -0.4 is 10.1 Å². The molecule has 1 atom stereocenters. The topological polar surface area (TPSA) is 102 Å². The van der Waals surface area contributed by atoms with Crippen molar-refractivity contribution in [1.82, 2.24) is 10.2 Å². The van der Waals surface area contributed by atoms with E-state index in [1.54, 1.807) is 24.3 Å². The Bertz CT molecular complexity index is 1060. The number of benzene rings is 2. The van der Waals surface area contributed by atoms with Gasteiger partial charge in [0.2, 0.25) is 5.78 Å². The molecule has 0 saturated carbocycles. The lowest BCUT2D eigenvalue weighted by Crippen LogP contribution is -2.47. The maximum atomic E-state index is 13.6. The molecule has 9 heteroatoms. The third kappa shape index (κ3) is 3.28. The number of carbonyl (C=O) groups excluding carboxylic acids is 4. The fourth-order valence-electron chi connectivity index (χ4n) is 3.60. The number of hydrogen-bond donors (Lipinski definition) is 1. The number of rotatable bonds is 5. The van der Waals surface area contributed by atoms with Gasteiger partial charge in [0.15, 0.2) is 12.1 Å². The predicted molar refractivity (Wildman–Crippen MR) is 100 cm³/mol. The second kappa shape index (κ2) is 7.58. The van der Waals surface area contributed by atoms with Gasteiger partial charge in [0.25, 0.3) is 5.91 Å². The van der Waals surface area contributed by atoms with Crippen LogP contribution in [-0.4, -0.2) is 48.3 Å². The Kier molecular flexibility index (Phi) is 4.94. The molecule has 3 amide bonds. The maximum Gasteiger partial charge on any atom is 0.326 e. The lowest BCUT2D eigenvalue weighted by Gasteiger charge is -2.33. The summed E-state index contributed by atoms with van der Waals surface area (Å²) in [5.74, 6) is -2.53. The Labute approximate surface area is 170 Å². The number of Topliss-reactive ketones (excluding diaryl/α,β-unsaturated/α-hetero) is 1. The van der Waals surface area contributed by atoms with Crippen molar-refractivity contribution >= 4 is 23.7 Å². The number of hydrogen-bond acceptors (Lipinski definition) is 6. The summed E-state index contributed by atoms with van der Waals surface area (Å²) in [5, 5.41) is 2.66. The van der Waals surface area contributed by atoms with Crippen LogP contribution in [0.4, 0.5) is 9.18 Å². The third-order valence-corrected chi connectivity index (χ3v) is 5.08. The van der Waals surface area contributed by atoms with Crippen molar-refractivity contribution < 1.29 is 33.0 Å². The number of amides is 3. The lowest BCUT2D eigenvalue weighted by molar-refractivity contribution is -0.147. The Morgan fingerprint density at radius 2 is 1.87 bits per heavy atom. The minimum atomic E-state index is -1.31. The van der Waals surface area contributed by atoms with E-state index in [4.69, 9.17) is 9.47 Å². The summed E-state index contributed by atoms with van der Waals surface area (Å²) < 4.78 is 24.0. The first kappa shape index (κ1) is 19.6. The molecule has 1 N–H and O–H groups in total. The van der Waals surface area contributed by atoms with E-state index >= 15 is 0 Å². The van der Waals surface area contributed by atoms with Gasteiger partial charge in [-0.05, 0) is 18.2 Å². The second-order valence-electron chi connectivity index (χ2n) is 6.89. The van der Waals surface area contributed by atoms with Gasteiger partial charge < -0.3 is 14.8 Å². The van der Waals surface area contributed by atoms with Crippen molar-refractivity contribution in [1.29, 1.82) is 0 Å². The number of halogens is 1. The highest BCUT2D eigenvalue weighted by Crippen LogP contribution is 2.40. The zero-order valence-electron chi connectivity index (χ0n) is 15.7. The lowest BCUT2D eigenvalue weighted by atomic mass is 9.84. The number of fused-ring (bicyclic) bond motifs is 2. The van der Waals surface area contributed by atoms with Crippen LogP contribution >= 0.6 is 0 Å². The van der Waals surface area contributed by atoms with Gasteiger partial charge in [-0.15, -0.1) is 0 Å². The van der Waals surface area contributed by atoms with Gasteiger partial charge in [0.05, 0.1) is 12.2 Å².